The molecule has 0 amide bonds. The summed E-state index contributed by atoms with van der Waals surface area (Å²) in [5.41, 5.74) is 6.30. The Labute approximate surface area is 267 Å². The predicted octanol–water partition coefficient (Wildman–Crippen LogP) is 10.3. The third-order valence-corrected chi connectivity index (χ3v) is 7.29. The molecule has 0 spiro atoms. The van der Waals surface area contributed by atoms with Gasteiger partial charge < -0.3 is 9.47 Å². The Kier molecular flexibility index (Phi) is 9.66. The maximum atomic E-state index is 14.0. The predicted molar refractivity (Wildman–Crippen MR) is 181 cm³/mol. The monoisotopic (exact) mass is 608 g/mol. The zero-order valence-corrected chi connectivity index (χ0v) is 24.9. The topological polar surface area (TPSA) is 43.2 Å². The lowest BCUT2D eigenvalue weighted by Crippen LogP contribution is -2.00. The van der Waals surface area contributed by atoms with Gasteiger partial charge in [-0.3, -0.25) is 9.98 Å². The summed E-state index contributed by atoms with van der Waals surface area (Å²) >= 11 is 0. The van der Waals surface area contributed by atoms with E-state index in [4.69, 9.17) is 9.47 Å². The summed E-state index contributed by atoms with van der Waals surface area (Å²) in [5.74, 6) is 0.684. The number of rotatable bonds is 11. The van der Waals surface area contributed by atoms with Crippen LogP contribution in [-0.4, -0.2) is 12.4 Å². The van der Waals surface area contributed by atoms with E-state index >= 15 is 0 Å². The maximum Gasteiger partial charge on any atom is 0.129 e. The van der Waals surface area contributed by atoms with Crippen molar-refractivity contribution in [2.24, 2.45) is 9.98 Å². The maximum absolute atomic E-state index is 14.0. The van der Waals surface area contributed by atoms with Gasteiger partial charge in [0.1, 0.15) is 36.3 Å². The Morgan fingerprint density at radius 2 is 0.804 bits per heavy atom. The van der Waals surface area contributed by atoms with Gasteiger partial charge in [0.25, 0.3) is 0 Å². The molecule has 0 unspecified atom stereocenters. The first-order valence-electron chi connectivity index (χ1n) is 14.8. The lowest BCUT2D eigenvalue weighted by Gasteiger charge is -2.09. The van der Waals surface area contributed by atoms with Gasteiger partial charge in [-0.15, -0.1) is 0 Å². The van der Waals surface area contributed by atoms with Crippen molar-refractivity contribution < 1.29 is 18.3 Å². The molecule has 0 saturated carbocycles. The number of aliphatic imine (C=N–C) groups is 2. The highest BCUT2D eigenvalue weighted by molar-refractivity contribution is 5.86. The molecule has 46 heavy (non-hydrogen) atoms. The molecule has 0 N–H and O–H groups in total. The number of para-hydroxylation sites is 2. The Bertz CT molecular complexity index is 1830. The second-order valence-electron chi connectivity index (χ2n) is 10.4. The Morgan fingerprint density at radius 3 is 1.22 bits per heavy atom. The fourth-order valence-corrected chi connectivity index (χ4v) is 4.75. The molecule has 6 aromatic carbocycles. The first kappa shape index (κ1) is 30.2. The minimum Gasteiger partial charge on any atom is -0.488 e. The van der Waals surface area contributed by atoms with Crippen LogP contribution >= 0.6 is 0 Å². The molecule has 6 rings (SSSR count). The molecule has 0 fully saturated rings. The van der Waals surface area contributed by atoms with E-state index < -0.39 is 0 Å². The Hall–Kier alpha value is -5.88. The first-order valence-corrected chi connectivity index (χ1v) is 14.8. The number of hydrogen-bond donors (Lipinski definition) is 0. The molecule has 0 radical (unpaired) electrons. The fourth-order valence-electron chi connectivity index (χ4n) is 4.75. The molecule has 6 heteroatoms. The average Bonchev–Trinajstić information content (AvgIpc) is 3.10. The number of halogens is 2. The number of hydrogen-bond acceptors (Lipinski definition) is 4. The molecule has 4 nitrogen and oxygen atoms in total. The van der Waals surface area contributed by atoms with E-state index in [1.165, 1.54) is 12.1 Å². The highest BCUT2D eigenvalue weighted by atomic mass is 19.1. The van der Waals surface area contributed by atoms with Gasteiger partial charge in [-0.05, 0) is 71.8 Å². The van der Waals surface area contributed by atoms with Crippen molar-refractivity contribution in [1.29, 1.82) is 0 Å². The van der Waals surface area contributed by atoms with Crippen molar-refractivity contribution >= 4 is 23.8 Å². The van der Waals surface area contributed by atoms with Gasteiger partial charge in [0.2, 0.25) is 0 Å². The highest BCUT2D eigenvalue weighted by Gasteiger charge is 2.07. The standard InChI is InChI=1S/C40H30F2N2O2/c41-37-13-5-1-11-33(37)27-45-39-15-7-3-9-31(39)25-43-35-21-17-29(18-22-35)30-19-23-36(24-20-30)44-26-32-10-4-8-16-40(32)46-28-34-12-2-6-14-38(34)42/h1-26H,27-28H2. The van der Waals surface area contributed by atoms with Gasteiger partial charge >= 0.3 is 0 Å². The van der Waals surface area contributed by atoms with Crippen LogP contribution in [0.15, 0.2) is 156 Å². The molecule has 0 saturated heterocycles. The summed E-state index contributed by atoms with van der Waals surface area (Å²) in [6, 6.07) is 44.2. The average molecular weight is 609 g/mol. The lowest BCUT2D eigenvalue weighted by molar-refractivity contribution is 0.299. The third kappa shape index (κ3) is 7.79. The summed E-state index contributed by atoms with van der Waals surface area (Å²) in [7, 11) is 0. The van der Waals surface area contributed by atoms with Crippen LogP contribution in [0, 0.1) is 11.6 Å². The molecular weight excluding hydrogens is 578 g/mol. The van der Waals surface area contributed by atoms with Crippen LogP contribution in [0.1, 0.15) is 22.3 Å². The normalized spacial score (nSPS) is 11.3. The molecule has 0 aliphatic rings. The summed E-state index contributed by atoms with van der Waals surface area (Å²) in [6.45, 7) is 0.268. The first-order chi connectivity index (χ1) is 22.6. The van der Waals surface area contributed by atoms with Gasteiger partial charge in [-0.25, -0.2) is 8.78 Å². The molecule has 0 aromatic heterocycles. The van der Waals surface area contributed by atoms with Crippen molar-refractivity contribution in [1.82, 2.24) is 0 Å². The molecule has 6 aromatic rings. The van der Waals surface area contributed by atoms with E-state index in [9.17, 15) is 8.78 Å². The lowest BCUT2D eigenvalue weighted by atomic mass is 10.1. The second kappa shape index (κ2) is 14.7. The third-order valence-electron chi connectivity index (χ3n) is 7.29. The van der Waals surface area contributed by atoms with Crippen LogP contribution in [-0.2, 0) is 13.2 Å². The molecule has 0 atom stereocenters. The zero-order chi connectivity index (χ0) is 31.6. The van der Waals surface area contributed by atoms with Crippen LogP contribution in [0.3, 0.4) is 0 Å². The van der Waals surface area contributed by atoms with Crippen LogP contribution in [0.5, 0.6) is 11.5 Å². The van der Waals surface area contributed by atoms with Gasteiger partial charge in [0, 0.05) is 34.7 Å². The summed E-state index contributed by atoms with van der Waals surface area (Å²) in [6.07, 6.45) is 3.50. The molecule has 0 heterocycles. The van der Waals surface area contributed by atoms with Crippen molar-refractivity contribution in [2.45, 2.75) is 13.2 Å². The molecular formula is C40H30F2N2O2. The quantitative estimate of drug-likeness (QED) is 0.137. The molecule has 226 valence electrons. The highest BCUT2D eigenvalue weighted by Crippen LogP contribution is 2.27. The van der Waals surface area contributed by atoms with Gasteiger partial charge in [-0.2, -0.15) is 0 Å². The van der Waals surface area contributed by atoms with Crippen LogP contribution in [0.25, 0.3) is 11.1 Å². The van der Waals surface area contributed by atoms with Crippen LogP contribution in [0.2, 0.25) is 0 Å². The van der Waals surface area contributed by atoms with E-state index in [0.717, 1.165) is 33.6 Å². The zero-order valence-electron chi connectivity index (χ0n) is 24.9. The van der Waals surface area contributed by atoms with Crippen molar-refractivity contribution in [3.63, 3.8) is 0 Å². The minimum absolute atomic E-state index is 0.134. The minimum atomic E-state index is -0.290. The SMILES string of the molecule is Fc1ccccc1COc1ccccc1C=Nc1ccc(-c2ccc(N=Cc3ccccc3OCc3ccccc3F)cc2)cc1. The van der Waals surface area contributed by atoms with E-state index in [-0.39, 0.29) is 24.8 Å². The van der Waals surface area contributed by atoms with E-state index in [1.807, 2.05) is 97.1 Å². The number of ether oxygens (including phenoxy) is 2. The largest absolute Gasteiger partial charge is 0.488 e. The van der Waals surface area contributed by atoms with Crippen molar-refractivity contribution in [3.05, 3.63) is 179 Å². The van der Waals surface area contributed by atoms with E-state index in [0.29, 0.717) is 22.6 Å². The smallest absolute Gasteiger partial charge is 0.129 e. The Balaban J connectivity index is 1.08. The summed E-state index contributed by atoms with van der Waals surface area (Å²) < 4.78 is 39.8. The van der Waals surface area contributed by atoms with Crippen molar-refractivity contribution in [3.8, 4) is 22.6 Å². The summed E-state index contributed by atoms with van der Waals surface area (Å²) in [5, 5.41) is 0. The van der Waals surface area contributed by atoms with Gasteiger partial charge in [-0.1, -0.05) is 84.9 Å². The van der Waals surface area contributed by atoms with Crippen LogP contribution < -0.4 is 9.47 Å². The van der Waals surface area contributed by atoms with Gasteiger partial charge in [0.15, 0.2) is 0 Å². The van der Waals surface area contributed by atoms with Crippen LogP contribution in [0.4, 0.5) is 20.2 Å². The second-order valence-corrected chi connectivity index (χ2v) is 10.4. The Morgan fingerprint density at radius 1 is 0.435 bits per heavy atom. The molecule has 0 bridgehead atoms. The molecule has 0 aliphatic carbocycles. The van der Waals surface area contributed by atoms with Gasteiger partial charge in [0.05, 0.1) is 11.4 Å². The van der Waals surface area contributed by atoms with E-state index in [2.05, 4.69) is 9.98 Å². The number of nitrogens with zero attached hydrogens (tertiary/aromatic N) is 2. The number of benzene rings is 6. The van der Waals surface area contributed by atoms with E-state index in [1.54, 1.807) is 48.8 Å². The van der Waals surface area contributed by atoms with Crippen molar-refractivity contribution in [2.75, 3.05) is 0 Å². The fraction of sp³-hybridized carbons (Fsp3) is 0.0500. The summed E-state index contributed by atoms with van der Waals surface area (Å²) in [4.78, 5) is 9.25. The molecule has 0 aliphatic heterocycles.